The Morgan fingerprint density at radius 2 is 2.17 bits per heavy atom. The molecule has 4 rings (SSSR count). The first-order valence-electron chi connectivity index (χ1n) is 6.77. The molecular formula is C15H10ClN5OS. The molecule has 0 fully saturated rings. The zero-order chi connectivity index (χ0) is 16.0. The number of anilines is 1. The highest BCUT2D eigenvalue weighted by molar-refractivity contribution is 7.20. The summed E-state index contributed by atoms with van der Waals surface area (Å²) >= 11 is 7.16. The molecule has 0 atom stereocenters. The zero-order valence-electron chi connectivity index (χ0n) is 11.9. The molecule has 0 unspecified atom stereocenters. The number of amides is 1. The number of hydrogen-bond donors (Lipinski definition) is 1. The van der Waals surface area contributed by atoms with Gasteiger partial charge in [-0.1, -0.05) is 11.6 Å². The second-order valence-electron chi connectivity index (χ2n) is 5.01. The van der Waals surface area contributed by atoms with Crippen molar-refractivity contribution in [2.45, 2.75) is 6.92 Å². The number of imidazole rings is 1. The average molecular weight is 344 g/mol. The first-order valence-corrected chi connectivity index (χ1v) is 7.97. The number of carbonyl (C=O) groups is 1. The highest BCUT2D eigenvalue weighted by Gasteiger charge is 2.12. The molecule has 6 nitrogen and oxygen atoms in total. The number of rotatable bonds is 2. The molecule has 4 aromatic heterocycles. The summed E-state index contributed by atoms with van der Waals surface area (Å²) in [6.45, 7) is 1.90. The Balaban J connectivity index is 1.64. The Labute approximate surface area is 139 Å². The Morgan fingerprint density at radius 3 is 3.04 bits per heavy atom. The maximum absolute atomic E-state index is 12.4. The van der Waals surface area contributed by atoms with Gasteiger partial charge in [-0.05, 0) is 25.1 Å². The summed E-state index contributed by atoms with van der Waals surface area (Å²) in [5.74, 6) is 0.233. The van der Waals surface area contributed by atoms with Crippen molar-refractivity contribution < 1.29 is 4.79 Å². The quantitative estimate of drug-likeness (QED) is 0.565. The Morgan fingerprint density at radius 1 is 1.30 bits per heavy atom. The lowest BCUT2D eigenvalue weighted by molar-refractivity contribution is 0.103. The molecule has 0 saturated heterocycles. The Hall–Kier alpha value is -2.51. The van der Waals surface area contributed by atoms with Crippen molar-refractivity contribution in [2.24, 2.45) is 0 Å². The van der Waals surface area contributed by atoms with E-state index in [9.17, 15) is 4.79 Å². The summed E-state index contributed by atoms with van der Waals surface area (Å²) in [5, 5.41) is 4.08. The zero-order valence-corrected chi connectivity index (χ0v) is 13.5. The Kier molecular flexibility index (Phi) is 3.24. The number of carbonyl (C=O) groups excluding carboxylic acids is 1. The van der Waals surface area contributed by atoms with Gasteiger partial charge in [-0.25, -0.2) is 15.0 Å². The van der Waals surface area contributed by atoms with Gasteiger partial charge < -0.3 is 9.72 Å². The van der Waals surface area contributed by atoms with Crippen LogP contribution in [0.4, 0.5) is 5.82 Å². The maximum atomic E-state index is 12.4. The molecule has 0 aromatic carbocycles. The van der Waals surface area contributed by atoms with Crippen LogP contribution in [-0.2, 0) is 0 Å². The summed E-state index contributed by atoms with van der Waals surface area (Å²) < 4.78 is 1.82. The minimum absolute atomic E-state index is 0.229. The van der Waals surface area contributed by atoms with E-state index < -0.39 is 0 Å². The van der Waals surface area contributed by atoms with Crippen molar-refractivity contribution in [1.82, 2.24) is 19.4 Å². The predicted octanol–water partition coefficient (Wildman–Crippen LogP) is 3.55. The molecule has 0 spiro atoms. The fourth-order valence-corrected chi connectivity index (χ4v) is 3.40. The van der Waals surface area contributed by atoms with E-state index >= 15 is 0 Å². The van der Waals surface area contributed by atoms with Gasteiger partial charge in [0.05, 0.1) is 23.0 Å². The van der Waals surface area contributed by atoms with Gasteiger partial charge in [0, 0.05) is 11.6 Å². The van der Waals surface area contributed by atoms with Crippen molar-refractivity contribution in [2.75, 3.05) is 5.32 Å². The third-order valence-corrected chi connectivity index (χ3v) is 4.53. The molecule has 4 heterocycles. The van der Waals surface area contributed by atoms with Crippen molar-refractivity contribution in [1.29, 1.82) is 0 Å². The third-order valence-electron chi connectivity index (χ3n) is 3.28. The van der Waals surface area contributed by atoms with Crippen LogP contribution in [0.2, 0.25) is 5.15 Å². The molecule has 0 aliphatic rings. The lowest BCUT2D eigenvalue weighted by Crippen LogP contribution is -2.11. The number of thiophene rings is 1. The normalized spacial score (nSPS) is 11.2. The molecule has 0 radical (unpaired) electrons. The van der Waals surface area contributed by atoms with Gasteiger partial charge in [-0.2, -0.15) is 0 Å². The molecular weight excluding hydrogens is 334 g/mol. The lowest BCUT2D eigenvalue weighted by Gasteiger charge is -2.02. The minimum Gasteiger partial charge on any atom is -0.305 e. The number of fused-ring (bicyclic) bond motifs is 2. The fourth-order valence-electron chi connectivity index (χ4n) is 2.28. The maximum Gasteiger partial charge on any atom is 0.267 e. The van der Waals surface area contributed by atoms with Crippen molar-refractivity contribution in [3.05, 3.63) is 52.5 Å². The highest BCUT2D eigenvalue weighted by Crippen LogP contribution is 2.26. The fraction of sp³-hybridized carbons (Fsp3) is 0.0667. The van der Waals surface area contributed by atoms with E-state index in [0.29, 0.717) is 15.8 Å². The molecule has 1 amide bonds. The molecule has 0 bridgehead atoms. The van der Waals surface area contributed by atoms with Gasteiger partial charge in [-0.3, -0.25) is 4.79 Å². The van der Waals surface area contributed by atoms with E-state index in [1.807, 2.05) is 23.6 Å². The van der Waals surface area contributed by atoms with E-state index in [0.717, 1.165) is 21.6 Å². The van der Waals surface area contributed by atoms with E-state index in [2.05, 4.69) is 20.3 Å². The molecule has 23 heavy (non-hydrogen) atoms. The van der Waals surface area contributed by atoms with Crippen LogP contribution in [0.5, 0.6) is 0 Å². The SMILES string of the molecule is Cc1cn2cc(NC(=O)c3cc4ccc(Cl)nc4s3)ncc2n1. The summed E-state index contributed by atoms with van der Waals surface area (Å²) in [6, 6.07) is 5.34. The molecule has 0 aliphatic carbocycles. The summed E-state index contributed by atoms with van der Waals surface area (Å²) in [6.07, 6.45) is 5.22. The monoisotopic (exact) mass is 343 g/mol. The first-order chi connectivity index (χ1) is 11.1. The smallest absolute Gasteiger partial charge is 0.267 e. The predicted molar refractivity (Wildman–Crippen MR) is 90.3 cm³/mol. The second kappa shape index (κ2) is 5.29. The number of pyridine rings is 1. The van der Waals surface area contributed by atoms with Crippen LogP contribution < -0.4 is 5.32 Å². The lowest BCUT2D eigenvalue weighted by atomic mass is 10.3. The van der Waals surface area contributed by atoms with Gasteiger partial charge >= 0.3 is 0 Å². The van der Waals surface area contributed by atoms with E-state index in [4.69, 9.17) is 11.6 Å². The molecule has 4 aromatic rings. The van der Waals surface area contributed by atoms with Crippen LogP contribution in [-0.4, -0.2) is 25.3 Å². The van der Waals surface area contributed by atoms with E-state index in [1.54, 1.807) is 24.5 Å². The summed E-state index contributed by atoms with van der Waals surface area (Å²) in [4.78, 5) is 26.4. The van der Waals surface area contributed by atoms with Crippen LogP contribution in [0, 0.1) is 6.92 Å². The van der Waals surface area contributed by atoms with Crippen LogP contribution in [0.25, 0.3) is 15.9 Å². The van der Waals surface area contributed by atoms with E-state index in [-0.39, 0.29) is 5.91 Å². The van der Waals surface area contributed by atoms with Gasteiger partial charge in [0.15, 0.2) is 5.65 Å². The largest absolute Gasteiger partial charge is 0.305 e. The highest BCUT2D eigenvalue weighted by atomic mass is 35.5. The number of hydrogen-bond acceptors (Lipinski definition) is 5. The molecule has 1 N–H and O–H groups in total. The number of aryl methyl sites for hydroxylation is 1. The van der Waals surface area contributed by atoms with Crippen molar-refractivity contribution >= 4 is 50.5 Å². The number of aromatic nitrogens is 4. The number of nitrogens with zero attached hydrogens (tertiary/aromatic N) is 4. The summed E-state index contributed by atoms with van der Waals surface area (Å²) in [5.41, 5.74) is 1.63. The van der Waals surface area contributed by atoms with Crippen molar-refractivity contribution in [3.8, 4) is 0 Å². The topological polar surface area (TPSA) is 72.2 Å². The van der Waals surface area contributed by atoms with Gasteiger partial charge in [0.25, 0.3) is 5.91 Å². The van der Waals surface area contributed by atoms with Gasteiger partial charge in [-0.15, -0.1) is 11.3 Å². The first kappa shape index (κ1) is 14.1. The standard InChI is InChI=1S/C15H10ClN5OS/c1-8-6-21-7-12(17-5-13(21)18-8)20-14(22)10-4-9-2-3-11(16)19-15(9)23-10/h2-7H,1H3,(H,20,22). The van der Waals surface area contributed by atoms with Crippen LogP contribution in [0.1, 0.15) is 15.4 Å². The summed E-state index contributed by atoms with van der Waals surface area (Å²) in [7, 11) is 0. The van der Waals surface area contributed by atoms with Crippen molar-refractivity contribution in [3.63, 3.8) is 0 Å². The van der Waals surface area contributed by atoms with Crippen LogP contribution in [0.15, 0.2) is 36.8 Å². The second-order valence-corrected chi connectivity index (χ2v) is 6.43. The molecule has 8 heteroatoms. The van der Waals surface area contributed by atoms with Crippen LogP contribution >= 0.6 is 22.9 Å². The minimum atomic E-state index is -0.229. The number of nitrogens with one attached hydrogen (secondary N) is 1. The van der Waals surface area contributed by atoms with Crippen LogP contribution in [0.3, 0.4) is 0 Å². The van der Waals surface area contributed by atoms with Gasteiger partial charge in [0.2, 0.25) is 0 Å². The molecule has 0 saturated carbocycles. The van der Waals surface area contributed by atoms with Gasteiger partial charge in [0.1, 0.15) is 15.8 Å². The van der Waals surface area contributed by atoms with E-state index in [1.165, 1.54) is 11.3 Å². The Bertz CT molecular complexity index is 1050. The molecule has 114 valence electrons. The molecule has 0 aliphatic heterocycles. The average Bonchev–Trinajstić information content (AvgIpc) is 3.08. The third kappa shape index (κ3) is 2.64. The number of halogens is 1.